The number of aromatic nitrogens is 2. The summed E-state index contributed by atoms with van der Waals surface area (Å²) >= 11 is 0. The third-order valence-corrected chi connectivity index (χ3v) is 1.19. The number of hydrogen-bond donors (Lipinski definition) is 2. The van der Waals surface area contributed by atoms with Crippen LogP contribution in [0.4, 0.5) is 0 Å². The fourth-order valence-electron chi connectivity index (χ4n) is 0.681. The zero-order chi connectivity index (χ0) is 9.14. The van der Waals surface area contributed by atoms with E-state index in [0.717, 1.165) is 0 Å². The van der Waals surface area contributed by atoms with Crippen LogP contribution in [0.25, 0.3) is 0 Å². The number of H-pyrrole nitrogens is 1. The summed E-state index contributed by atoms with van der Waals surface area (Å²) in [5.41, 5.74) is -0.315. The maximum absolute atomic E-state index is 10.3. The number of carbonyl (C=O) groups is 3. The molecular formula is C6H4N2O4. The van der Waals surface area contributed by atoms with Gasteiger partial charge in [-0.1, -0.05) is 0 Å². The van der Waals surface area contributed by atoms with Gasteiger partial charge in [-0.15, -0.1) is 0 Å². The Morgan fingerprint density at radius 2 is 2.08 bits per heavy atom. The van der Waals surface area contributed by atoms with Crippen molar-refractivity contribution in [2.45, 2.75) is 0 Å². The molecule has 6 nitrogen and oxygen atoms in total. The lowest BCUT2D eigenvalue weighted by Crippen LogP contribution is -1.98. The molecule has 1 aromatic rings. The Balaban J connectivity index is 3.22. The molecule has 0 spiro atoms. The number of carbonyl (C=O) groups excluding carboxylic acids is 2. The van der Waals surface area contributed by atoms with Crippen molar-refractivity contribution in [3.8, 4) is 0 Å². The minimum atomic E-state index is -1.31. The van der Waals surface area contributed by atoms with Crippen LogP contribution < -0.4 is 0 Å². The molecule has 0 aliphatic rings. The molecule has 0 amide bonds. The Morgan fingerprint density at radius 3 is 2.42 bits per heavy atom. The van der Waals surface area contributed by atoms with E-state index in [1.807, 2.05) is 0 Å². The zero-order valence-corrected chi connectivity index (χ0v) is 5.77. The largest absolute Gasteiger partial charge is 0.475 e. The fraction of sp³-hybridized carbons (Fsp3) is 0. The van der Waals surface area contributed by atoms with E-state index in [-0.39, 0.29) is 11.4 Å². The van der Waals surface area contributed by atoms with E-state index < -0.39 is 11.8 Å². The van der Waals surface area contributed by atoms with Crippen LogP contribution in [0.2, 0.25) is 0 Å². The molecule has 0 aliphatic heterocycles. The van der Waals surface area contributed by atoms with Crippen LogP contribution in [-0.4, -0.2) is 33.6 Å². The zero-order valence-electron chi connectivity index (χ0n) is 5.77. The predicted molar refractivity (Wildman–Crippen MR) is 36.3 cm³/mol. The quantitative estimate of drug-likeness (QED) is 0.605. The number of nitrogens with one attached hydrogen (secondary N) is 1. The first-order chi connectivity index (χ1) is 5.69. The van der Waals surface area contributed by atoms with Crippen molar-refractivity contribution in [2.75, 3.05) is 0 Å². The molecule has 0 fully saturated rings. The van der Waals surface area contributed by atoms with Crippen molar-refractivity contribution in [1.82, 2.24) is 9.97 Å². The minimum Gasteiger partial charge on any atom is -0.475 e. The molecule has 1 heterocycles. The highest BCUT2D eigenvalue weighted by Gasteiger charge is 2.12. The first-order valence-corrected chi connectivity index (χ1v) is 2.92. The first-order valence-electron chi connectivity index (χ1n) is 2.92. The van der Waals surface area contributed by atoms with Crippen molar-refractivity contribution in [3.05, 3.63) is 17.2 Å². The Labute approximate surface area is 66.2 Å². The Bertz CT molecular complexity index is 316. The molecule has 0 bridgehead atoms. The smallest absolute Gasteiger partial charge is 0.371 e. The van der Waals surface area contributed by atoms with Gasteiger partial charge in [-0.25, -0.2) is 9.78 Å². The normalized spacial score (nSPS) is 9.33. The standard InChI is InChI=1S/C6H4N2O4/c9-1-3-4(2-10)8-5(7-3)6(11)12/h1-2H,(H,7,8)(H,11,12). The fourth-order valence-corrected chi connectivity index (χ4v) is 0.681. The van der Waals surface area contributed by atoms with E-state index in [0.29, 0.717) is 12.6 Å². The molecule has 0 aliphatic carbocycles. The van der Waals surface area contributed by atoms with E-state index in [2.05, 4.69) is 9.97 Å². The lowest BCUT2D eigenvalue weighted by molar-refractivity contribution is 0.0684. The second kappa shape index (κ2) is 2.95. The summed E-state index contributed by atoms with van der Waals surface area (Å²) in [6, 6.07) is 0. The van der Waals surface area contributed by atoms with Crippen molar-refractivity contribution < 1.29 is 19.5 Å². The van der Waals surface area contributed by atoms with Crippen LogP contribution in [-0.2, 0) is 0 Å². The molecule has 0 saturated heterocycles. The molecule has 0 unspecified atom stereocenters. The van der Waals surface area contributed by atoms with E-state index in [1.165, 1.54) is 0 Å². The number of imidazole rings is 1. The minimum absolute atomic E-state index is 0.123. The molecule has 12 heavy (non-hydrogen) atoms. The van der Waals surface area contributed by atoms with Crippen LogP contribution >= 0.6 is 0 Å². The van der Waals surface area contributed by atoms with Gasteiger partial charge < -0.3 is 10.1 Å². The van der Waals surface area contributed by atoms with Gasteiger partial charge in [-0.05, 0) is 0 Å². The van der Waals surface area contributed by atoms with Gasteiger partial charge >= 0.3 is 5.97 Å². The van der Waals surface area contributed by atoms with Gasteiger partial charge in [0.15, 0.2) is 12.6 Å². The van der Waals surface area contributed by atoms with Gasteiger partial charge in [0.25, 0.3) is 0 Å². The number of rotatable bonds is 3. The van der Waals surface area contributed by atoms with Crippen molar-refractivity contribution in [1.29, 1.82) is 0 Å². The van der Waals surface area contributed by atoms with Gasteiger partial charge in [0.2, 0.25) is 5.82 Å². The number of hydrogen-bond acceptors (Lipinski definition) is 4. The lowest BCUT2D eigenvalue weighted by Gasteiger charge is -1.80. The van der Waals surface area contributed by atoms with E-state index in [1.54, 1.807) is 0 Å². The van der Waals surface area contributed by atoms with E-state index in [9.17, 15) is 14.4 Å². The van der Waals surface area contributed by atoms with Crippen molar-refractivity contribution in [3.63, 3.8) is 0 Å². The summed E-state index contributed by atoms with van der Waals surface area (Å²) in [5, 5.41) is 8.39. The molecule has 6 heteroatoms. The molecule has 0 saturated carbocycles. The molecule has 0 atom stereocenters. The average Bonchev–Trinajstić information content (AvgIpc) is 2.46. The molecule has 2 N–H and O–H groups in total. The van der Waals surface area contributed by atoms with Gasteiger partial charge in [0.1, 0.15) is 11.4 Å². The maximum Gasteiger partial charge on any atom is 0.371 e. The SMILES string of the molecule is O=Cc1nc(C(=O)O)[nH]c1C=O. The third-order valence-electron chi connectivity index (χ3n) is 1.19. The number of aromatic amines is 1. The summed E-state index contributed by atoms with van der Waals surface area (Å²) < 4.78 is 0. The van der Waals surface area contributed by atoms with Crippen LogP contribution in [0.5, 0.6) is 0 Å². The molecule has 62 valence electrons. The van der Waals surface area contributed by atoms with Crippen LogP contribution in [0.15, 0.2) is 0 Å². The summed E-state index contributed by atoms with van der Waals surface area (Å²) in [7, 11) is 0. The number of aromatic carboxylic acids is 1. The number of carboxylic acid groups (broad SMARTS) is 1. The van der Waals surface area contributed by atoms with Gasteiger partial charge in [0, 0.05) is 0 Å². The van der Waals surface area contributed by atoms with Gasteiger partial charge in [0.05, 0.1) is 0 Å². The van der Waals surface area contributed by atoms with Crippen molar-refractivity contribution in [2.24, 2.45) is 0 Å². The summed E-state index contributed by atoms with van der Waals surface area (Å²) in [4.78, 5) is 36.2. The predicted octanol–water partition coefficient (Wildman–Crippen LogP) is -0.267. The van der Waals surface area contributed by atoms with Crippen LogP contribution in [0, 0.1) is 0 Å². The third kappa shape index (κ3) is 1.22. The Hall–Kier alpha value is -1.98. The molecular weight excluding hydrogens is 164 g/mol. The van der Waals surface area contributed by atoms with Crippen LogP contribution in [0.1, 0.15) is 31.6 Å². The van der Waals surface area contributed by atoms with Crippen molar-refractivity contribution >= 4 is 18.5 Å². The Morgan fingerprint density at radius 1 is 1.42 bits per heavy atom. The highest BCUT2D eigenvalue weighted by molar-refractivity contribution is 5.91. The van der Waals surface area contributed by atoms with Crippen LogP contribution in [0.3, 0.4) is 0 Å². The van der Waals surface area contributed by atoms with E-state index in [4.69, 9.17) is 5.11 Å². The second-order valence-electron chi connectivity index (χ2n) is 1.93. The lowest BCUT2D eigenvalue weighted by atomic mass is 10.4. The highest BCUT2D eigenvalue weighted by atomic mass is 16.4. The summed E-state index contributed by atoms with van der Waals surface area (Å²) in [6.07, 6.45) is 0.649. The number of aldehydes is 2. The van der Waals surface area contributed by atoms with E-state index >= 15 is 0 Å². The van der Waals surface area contributed by atoms with Gasteiger partial charge in [-0.3, -0.25) is 9.59 Å². The summed E-state index contributed by atoms with van der Waals surface area (Å²) in [6.45, 7) is 0. The van der Waals surface area contributed by atoms with Gasteiger partial charge in [-0.2, -0.15) is 0 Å². The molecule has 0 radical (unpaired) electrons. The second-order valence-corrected chi connectivity index (χ2v) is 1.93. The number of nitrogens with zero attached hydrogens (tertiary/aromatic N) is 1. The first kappa shape index (κ1) is 8.12. The highest BCUT2D eigenvalue weighted by Crippen LogP contribution is 2.00. The molecule has 0 aromatic carbocycles. The average molecular weight is 168 g/mol. The molecule has 1 aromatic heterocycles. The number of carboxylic acids is 1. The maximum atomic E-state index is 10.3. The Kier molecular flexibility index (Phi) is 2.00. The summed E-state index contributed by atoms with van der Waals surface area (Å²) in [5.74, 6) is -1.73. The topological polar surface area (TPSA) is 100 Å². The monoisotopic (exact) mass is 168 g/mol. The molecule has 1 rings (SSSR count).